The van der Waals surface area contributed by atoms with Crippen LogP contribution in [0.5, 0.6) is 0 Å². The maximum Gasteiger partial charge on any atom is 0.237 e. The minimum absolute atomic E-state index is 0.0330. The Morgan fingerprint density at radius 3 is 2.52 bits per heavy atom. The van der Waals surface area contributed by atoms with E-state index >= 15 is 0 Å². The van der Waals surface area contributed by atoms with Crippen molar-refractivity contribution in [2.75, 3.05) is 19.8 Å². The lowest BCUT2D eigenvalue weighted by Gasteiger charge is -2.36. The van der Waals surface area contributed by atoms with Gasteiger partial charge < -0.3 is 10.0 Å². The van der Waals surface area contributed by atoms with Gasteiger partial charge in [-0.25, -0.2) is 8.42 Å². The Morgan fingerprint density at radius 1 is 1.28 bits per heavy atom. The van der Waals surface area contributed by atoms with Gasteiger partial charge in [0.1, 0.15) is 0 Å². The highest BCUT2D eigenvalue weighted by Gasteiger charge is 2.31. The van der Waals surface area contributed by atoms with E-state index in [0.29, 0.717) is 17.0 Å². The van der Waals surface area contributed by atoms with E-state index in [-0.39, 0.29) is 25.0 Å². The molecule has 1 N–H and O–H groups in total. The van der Waals surface area contributed by atoms with E-state index < -0.39 is 16.1 Å². The zero-order chi connectivity index (χ0) is 18.6. The molecule has 1 aliphatic carbocycles. The van der Waals surface area contributed by atoms with Gasteiger partial charge >= 0.3 is 0 Å². The molecule has 0 aliphatic heterocycles. The van der Waals surface area contributed by atoms with Gasteiger partial charge in [0.25, 0.3) is 0 Å². The largest absolute Gasteiger partial charge is 0.391 e. The molecule has 140 valence electrons. The molecule has 0 radical (unpaired) electrons. The molecule has 0 bridgehead atoms. The molecule has 6 nitrogen and oxygen atoms in total. The highest BCUT2D eigenvalue weighted by atomic mass is 35.5. The van der Waals surface area contributed by atoms with Gasteiger partial charge in [-0.1, -0.05) is 42.6 Å². The van der Waals surface area contributed by atoms with Crippen LogP contribution in [0.2, 0.25) is 5.02 Å². The Kier molecular flexibility index (Phi) is 6.85. The van der Waals surface area contributed by atoms with E-state index in [1.807, 2.05) is 0 Å². The maximum atomic E-state index is 12.6. The molecular formula is C17H25ClN2O4S. The number of benzene rings is 1. The molecule has 25 heavy (non-hydrogen) atoms. The summed E-state index contributed by atoms with van der Waals surface area (Å²) in [5.74, 6) is -0.330. The van der Waals surface area contributed by atoms with Crippen molar-refractivity contribution in [3.63, 3.8) is 0 Å². The normalized spacial score (nSPS) is 21.3. The van der Waals surface area contributed by atoms with Gasteiger partial charge in [-0.3, -0.25) is 4.79 Å². The minimum Gasteiger partial charge on any atom is -0.391 e. The molecule has 0 heterocycles. The minimum atomic E-state index is -3.59. The second kappa shape index (κ2) is 8.49. The maximum absolute atomic E-state index is 12.6. The molecule has 0 unspecified atom stereocenters. The van der Waals surface area contributed by atoms with Crippen molar-refractivity contribution in [2.24, 2.45) is 0 Å². The third-order valence-corrected chi connectivity index (χ3v) is 6.23. The average Bonchev–Trinajstić information content (AvgIpc) is 2.55. The van der Waals surface area contributed by atoms with Crippen LogP contribution in [-0.4, -0.2) is 60.6 Å². The number of sulfonamides is 1. The predicted octanol–water partition coefficient (Wildman–Crippen LogP) is 1.86. The lowest BCUT2D eigenvalue weighted by Crippen LogP contribution is -2.50. The Bertz CT molecular complexity index is 710. The third kappa shape index (κ3) is 5.41. The Hall–Kier alpha value is -1.15. The number of aliphatic hydroxyl groups is 1. The van der Waals surface area contributed by atoms with Crippen molar-refractivity contribution in [1.29, 1.82) is 0 Å². The average molecular weight is 389 g/mol. The number of carbonyl (C=O) groups is 1. The molecule has 0 saturated heterocycles. The number of carbonyl (C=O) groups excluding carboxylic acids is 1. The third-order valence-electron chi connectivity index (χ3n) is 4.67. The number of hydrogen-bond acceptors (Lipinski definition) is 4. The van der Waals surface area contributed by atoms with Crippen LogP contribution in [0.3, 0.4) is 0 Å². The first-order chi connectivity index (χ1) is 11.7. The van der Waals surface area contributed by atoms with E-state index in [0.717, 1.165) is 29.8 Å². The summed E-state index contributed by atoms with van der Waals surface area (Å²) in [7, 11) is -1.97. The molecule has 0 aromatic heterocycles. The van der Waals surface area contributed by atoms with Crippen LogP contribution >= 0.6 is 11.6 Å². The van der Waals surface area contributed by atoms with Crippen molar-refractivity contribution in [1.82, 2.24) is 9.21 Å². The zero-order valence-corrected chi connectivity index (χ0v) is 16.1. The van der Waals surface area contributed by atoms with E-state index in [1.54, 1.807) is 31.3 Å². The number of aliphatic hydroxyl groups excluding tert-OH is 1. The molecule has 2 atom stereocenters. The molecule has 1 fully saturated rings. The molecule has 1 aromatic carbocycles. The van der Waals surface area contributed by atoms with Crippen molar-refractivity contribution in [3.05, 3.63) is 34.9 Å². The SMILES string of the molecule is CN(C(=O)CN(Cc1ccccc1Cl)S(C)(=O)=O)[C@@H]1CCCC[C@H]1O. The Balaban J connectivity index is 2.11. The number of rotatable bonds is 6. The summed E-state index contributed by atoms with van der Waals surface area (Å²) in [4.78, 5) is 14.1. The second-order valence-electron chi connectivity index (χ2n) is 6.55. The molecule has 2 rings (SSSR count). The number of nitrogens with zero attached hydrogens (tertiary/aromatic N) is 2. The first kappa shape index (κ1) is 20.2. The van der Waals surface area contributed by atoms with Crippen molar-refractivity contribution in [3.8, 4) is 0 Å². The van der Waals surface area contributed by atoms with Gasteiger partial charge in [-0.2, -0.15) is 4.31 Å². The van der Waals surface area contributed by atoms with Crippen LogP contribution in [0.15, 0.2) is 24.3 Å². The monoisotopic (exact) mass is 388 g/mol. The summed E-state index contributed by atoms with van der Waals surface area (Å²) in [6, 6.07) is 6.69. The predicted molar refractivity (Wildman–Crippen MR) is 97.7 cm³/mol. The first-order valence-electron chi connectivity index (χ1n) is 8.32. The van der Waals surface area contributed by atoms with Crippen molar-refractivity contribution >= 4 is 27.5 Å². The van der Waals surface area contributed by atoms with Gasteiger partial charge in [0, 0.05) is 18.6 Å². The van der Waals surface area contributed by atoms with Crippen LogP contribution in [0.4, 0.5) is 0 Å². The summed E-state index contributed by atoms with van der Waals surface area (Å²) in [5.41, 5.74) is 0.641. The summed E-state index contributed by atoms with van der Waals surface area (Å²) in [5, 5.41) is 10.6. The van der Waals surface area contributed by atoms with Gasteiger partial charge in [-0.05, 0) is 24.5 Å². The van der Waals surface area contributed by atoms with Crippen LogP contribution in [0, 0.1) is 0 Å². The molecule has 1 saturated carbocycles. The van der Waals surface area contributed by atoms with Crippen LogP contribution in [0.1, 0.15) is 31.2 Å². The van der Waals surface area contributed by atoms with Crippen molar-refractivity contribution in [2.45, 2.75) is 44.4 Å². The number of likely N-dealkylation sites (N-methyl/N-ethyl adjacent to an activating group) is 1. The van der Waals surface area contributed by atoms with E-state index in [9.17, 15) is 18.3 Å². The lowest BCUT2D eigenvalue weighted by atomic mass is 9.91. The number of amides is 1. The highest BCUT2D eigenvalue weighted by Crippen LogP contribution is 2.23. The topological polar surface area (TPSA) is 77.9 Å². The number of hydrogen-bond donors (Lipinski definition) is 1. The molecule has 1 aromatic rings. The van der Waals surface area contributed by atoms with Crippen molar-refractivity contribution < 1.29 is 18.3 Å². The Labute approximate surface area is 154 Å². The molecular weight excluding hydrogens is 364 g/mol. The van der Waals surface area contributed by atoms with Gasteiger partial charge in [0.05, 0.1) is 24.9 Å². The fourth-order valence-electron chi connectivity index (χ4n) is 3.10. The van der Waals surface area contributed by atoms with E-state index in [4.69, 9.17) is 11.6 Å². The summed E-state index contributed by atoms with van der Waals surface area (Å²) in [6.07, 6.45) is 3.81. The molecule has 1 amide bonds. The second-order valence-corrected chi connectivity index (χ2v) is 8.94. The van der Waals surface area contributed by atoms with Crippen LogP contribution in [0.25, 0.3) is 0 Å². The molecule has 1 aliphatic rings. The van der Waals surface area contributed by atoms with Gasteiger partial charge in [-0.15, -0.1) is 0 Å². The zero-order valence-electron chi connectivity index (χ0n) is 14.6. The quantitative estimate of drug-likeness (QED) is 0.806. The Morgan fingerprint density at radius 2 is 1.92 bits per heavy atom. The molecule has 0 spiro atoms. The first-order valence-corrected chi connectivity index (χ1v) is 10.5. The smallest absolute Gasteiger partial charge is 0.237 e. The lowest BCUT2D eigenvalue weighted by molar-refractivity contribution is -0.135. The summed E-state index contributed by atoms with van der Waals surface area (Å²) < 4.78 is 25.3. The van der Waals surface area contributed by atoms with Crippen LogP contribution < -0.4 is 0 Å². The van der Waals surface area contributed by atoms with Crippen LogP contribution in [-0.2, 0) is 21.4 Å². The van der Waals surface area contributed by atoms with Gasteiger partial charge in [0.2, 0.25) is 15.9 Å². The summed E-state index contributed by atoms with van der Waals surface area (Å²) in [6.45, 7) is -0.241. The van der Waals surface area contributed by atoms with E-state index in [2.05, 4.69) is 0 Å². The van der Waals surface area contributed by atoms with Gasteiger partial charge in [0.15, 0.2) is 0 Å². The fraction of sp³-hybridized carbons (Fsp3) is 0.588. The standard InChI is InChI=1S/C17H25ClN2O4S/c1-19(15-9-5-6-10-16(15)21)17(22)12-20(25(2,23)24)11-13-7-3-4-8-14(13)18/h3-4,7-8,15-16,21H,5-6,9-12H2,1-2H3/t15-,16-/m1/s1. The number of halogens is 1. The highest BCUT2D eigenvalue weighted by molar-refractivity contribution is 7.88. The molecule has 8 heteroatoms. The summed E-state index contributed by atoms with van der Waals surface area (Å²) >= 11 is 6.11. The fourth-order valence-corrected chi connectivity index (χ4v) is 4.01. The van der Waals surface area contributed by atoms with E-state index in [1.165, 1.54) is 4.90 Å².